The third kappa shape index (κ3) is 3.14. The Kier molecular flexibility index (Phi) is 3.31. The lowest BCUT2D eigenvalue weighted by atomic mass is 10.3. The molecule has 13 heavy (non-hydrogen) atoms. The molecule has 0 aliphatic carbocycles. The van der Waals surface area contributed by atoms with Gasteiger partial charge in [-0.05, 0) is 6.42 Å². The van der Waals surface area contributed by atoms with E-state index in [1.165, 1.54) is 6.07 Å². The van der Waals surface area contributed by atoms with Crippen LogP contribution in [0.3, 0.4) is 0 Å². The number of carbonyl (C=O) groups is 1. The zero-order valence-corrected chi connectivity index (χ0v) is 7.52. The number of nitrogens with one attached hydrogen (secondary N) is 3. The Hall–Kier alpha value is -1.52. The molecule has 1 rings (SSSR count). The Morgan fingerprint density at radius 1 is 1.54 bits per heavy atom. The van der Waals surface area contributed by atoms with E-state index in [0.29, 0.717) is 18.7 Å². The van der Waals surface area contributed by atoms with Gasteiger partial charge in [-0.3, -0.25) is 14.7 Å². The highest BCUT2D eigenvalue weighted by molar-refractivity contribution is 5.75. The van der Waals surface area contributed by atoms with Gasteiger partial charge in [0.2, 0.25) is 5.91 Å². The first-order valence-electron chi connectivity index (χ1n) is 4.25. The van der Waals surface area contributed by atoms with E-state index in [0.717, 1.165) is 6.42 Å². The molecule has 0 saturated heterocycles. The van der Waals surface area contributed by atoms with Crippen molar-refractivity contribution in [3.05, 3.63) is 22.1 Å². The second-order valence-electron chi connectivity index (χ2n) is 2.81. The number of carbonyl (C=O) groups excluding carboxylic acids is 1. The van der Waals surface area contributed by atoms with Crippen molar-refractivity contribution in [2.24, 2.45) is 0 Å². The van der Waals surface area contributed by atoms with Gasteiger partial charge in [-0.2, -0.15) is 0 Å². The lowest BCUT2D eigenvalue weighted by Gasteiger charge is -2.00. The lowest BCUT2D eigenvalue weighted by Crippen LogP contribution is -2.22. The zero-order chi connectivity index (χ0) is 9.68. The summed E-state index contributed by atoms with van der Waals surface area (Å²) >= 11 is 0. The van der Waals surface area contributed by atoms with E-state index in [2.05, 4.69) is 15.5 Å². The normalized spacial score (nSPS) is 9.92. The fraction of sp³-hybridized carbons (Fsp3) is 0.500. The Morgan fingerprint density at radius 2 is 2.31 bits per heavy atom. The molecule has 0 spiro atoms. The van der Waals surface area contributed by atoms with E-state index in [9.17, 15) is 9.59 Å². The predicted molar refractivity (Wildman–Crippen MR) is 48.2 cm³/mol. The minimum atomic E-state index is -0.181. The minimum Gasteiger partial charge on any atom is -0.350 e. The van der Waals surface area contributed by atoms with E-state index in [1.807, 2.05) is 6.92 Å². The van der Waals surface area contributed by atoms with Crippen molar-refractivity contribution in [1.82, 2.24) is 15.5 Å². The van der Waals surface area contributed by atoms with Gasteiger partial charge in [0.05, 0.1) is 12.2 Å². The van der Waals surface area contributed by atoms with Gasteiger partial charge >= 0.3 is 0 Å². The second-order valence-corrected chi connectivity index (χ2v) is 2.81. The predicted octanol–water partition coefficient (Wildman–Crippen LogP) is 0.119. The Morgan fingerprint density at radius 3 is 2.85 bits per heavy atom. The van der Waals surface area contributed by atoms with Crippen molar-refractivity contribution >= 4 is 5.91 Å². The summed E-state index contributed by atoms with van der Waals surface area (Å²) in [4.78, 5) is 21.7. The first-order chi connectivity index (χ1) is 6.22. The molecule has 0 fully saturated rings. The molecule has 3 N–H and O–H groups in total. The number of aromatic amines is 2. The first kappa shape index (κ1) is 9.57. The fourth-order valence-corrected chi connectivity index (χ4v) is 0.977. The topological polar surface area (TPSA) is 77.8 Å². The van der Waals surface area contributed by atoms with Crippen LogP contribution in [0.1, 0.15) is 25.5 Å². The van der Waals surface area contributed by atoms with Crippen LogP contribution in [0.15, 0.2) is 10.9 Å². The van der Waals surface area contributed by atoms with Crippen molar-refractivity contribution in [2.45, 2.75) is 26.3 Å². The molecule has 0 unspecified atom stereocenters. The van der Waals surface area contributed by atoms with E-state index >= 15 is 0 Å². The van der Waals surface area contributed by atoms with Crippen molar-refractivity contribution < 1.29 is 4.79 Å². The second kappa shape index (κ2) is 4.49. The smallest absolute Gasteiger partial charge is 0.264 e. The summed E-state index contributed by atoms with van der Waals surface area (Å²) in [5.41, 5.74) is 0.509. The van der Waals surface area contributed by atoms with Gasteiger partial charge in [-0.15, -0.1) is 0 Å². The van der Waals surface area contributed by atoms with Gasteiger partial charge in [0.25, 0.3) is 5.56 Å². The number of hydrogen-bond donors (Lipinski definition) is 3. The van der Waals surface area contributed by atoms with Crippen molar-refractivity contribution in [1.29, 1.82) is 0 Å². The summed E-state index contributed by atoms with van der Waals surface area (Å²) in [6.07, 6.45) is 1.35. The van der Waals surface area contributed by atoms with Gasteiger partial charge in [-0.25, -0.2) is 0 Å². The zero-order valence-electron chi connectivity index (χ0n) is 7.52. The molecule has 1 aromatic rings. The molecule has 1 amide bonds. The van der Waals surface area contributed by atoms with Crippen LogP contribution >= 0.6 is 0 Å². The van der Waals surface area contributed by atoms with E-state index < -0.39 is 0 Å². The molecule has 1 aromatic heterocycles. The third-order valence-electron chi connectivity index (χ3n) is 1.60. The van der Waals surface area contributed by atoms with Crippen LogP contribution in [0.5, 0.6) is 0 Å². The van der Waals surface area contributed by atoms with Crippen LogP contribution in [0.25, 0.3) is 0 Å². The highest BCUT2D eigenvalue weighted by Crippen LogP contribution is 1.89. The molecule has 0 radical (unpaired) electrons. The maximum absolute atomic E-state index is 11.0. The molecule has 72 valence electrons. The molecule has 0 aliphatic heterocycles. The van der Waals surface area contributed by atoms with Gasteiger partial charge in [-0.1, -0.05) is 6.92 Å². The van der Waals surface area contributed by atoms with Crippen LogP contribution in [0.4, 0.5) is 0 Å². The summed E-state index contributed by atoms with van der Waals surface area (Å²) in [5.74, 6) is 0.00421. The first-order valence-corrected chi connectivity index (χ1v) is 4.25. The molecule has 0 saturated carbocycles. The quantitative estimate of drug-likeness (QED) is 0.620. The summed E-state index contributed by atoms with van der Waals surface area (Å²) in [5, 5.41) is 7.73. The highest BCUT2D eigenvalue weighted by Gasteiger charge is 2.00. The van der Waals surface area contributed by atoms with Crippen molar-refractivity contribution in [3.8, 4) is 0 Å². The van der Waals surface area contributed by atoms with E-state index in [-0.39, 0.29) is 11.5 Å². The van der Waals surface area contributed by atoms with Crippen molar-refractivity contribution in [3.63, 3.8) is 0 Å². The maximum atomic E-state index is 11.0. The van der Waals surface area contributed by atoms with E-state index in [1.54, 1.807) is 0 Å². The maximum Gasteiger partial charge on any atom is 0.264 e. The molecule has 0 aromatic carbocycles. The number of rotatable bonds is 4. The molecule has 0 aliphatic rings. The largest absolute Gasteiger partial charge is 0.350 e. The molecular formula is C8H13N3O2. The summed E-state index contributed by atoms with van der Waals surface area (Å²) in [6.45, 7) is 2.31. The standard InChI is InChI=1S/C8H13N3O2/c1-2-3-7(12)9-5-6-4-8(13)11-10-6/h4H,2-3,5H2,1H3,(H,9,12)(H2,10,11,13). The fourth-order valence-electron chi connectivity index (χ4n) is 0.977. The molecule has 5 nitrogen and oxygen atoms in total. The van der Waals surface area contributed by atoms with Gasteiger partial charge < -0.3 is 10.4 Å². The Labute approximate surface area is 75.5 Å². The average molecular weight is 183 g/mol. The van der Waals surface area contributed by atoms with Crippen LogP contribution < -0.4 is 10.9 Å². The molecule has 5 heteroatoms. The van der Waals surface area contributed by atoms with Gasteiger partial charge in [0.15, 0.2) is 0 Å². The number of hydrogen-bond acceptors (Lipinski definition) is 2. The van der Waals surface area contributed by atoms with E-state index in [4.69, 9.17) is 0 Å². The molecule has 1 heterocycles. The number of H-pyrrole nitrogens is 2. The molecular weight excluding hydrogens is 170 g/mol. The van der Waals surface area contributed by atoms with Crippen molar-refractivity contribution in [2.75, 3.05) is 0 Å². The summed E-state index contributed by atoms with van der Waals surface area (Å²) < 4.78 is 0. The molecule has 0 atom stereocenters. The molecule has 0 bridgehead atoms. The summed E-state index contributed by atoms with van der Waals surface area (Å²) in [7, 11) is 0. The summed E-state index contributed by atoms with van der Waals surface area (Å²) in [6, 6.07) is 1.42. The monoisotopic (exact) mass is 183 g/mol. The lowest BCUT2D eigenvalue weighted by molar-refractivity contribution is -0.121. The number of aromatic nitrogens is 2. The van der Waals surface area contributed by atoms with Gasteiger partial charge in [0, 0.05) is 12.5 Å². The van der Waals surface area contributed by atoms with Gasteiger partial charge in [0.1, 0.15) is 0 Å². The van der Waals surface area contributed by atoms with Crippen LogP contribution in [-0.4, -0.2) is 16.1 Å². The SMILES string of the molecule is CCCC(=O)NCc1cc(=O)[nH][nH]1. The van der Waals surface area contributed by atoms with Crippen LogP contribution in [0.2, 0.25) is 0 Å². The van der Waals surface area contributed by atoms with Crippen LogP contribution in [0, 0.1) is 0 Å². The highest BCUT2D eigenvalue weighted by atomic mass is 16.1. The number of amides is 1. The Bertz CT molecular complexity index is 326. The van der Waals surface area contributed by atoms with Crippen LogP contribution in [-0.2, 0) is 11.3 Å². The average Bonchev–Trinajstić information content (AvgIpc) is 2.49. The third-order valence-corrected chi connectivity index (χ3v) is 1.60. The Balaban J connectivity index is 2.35. The minimum absolute atomic E-state index is 0.00421.